The van der Waals surface area contributed by atoms with E-state index in [2.05, 4.69) is 15.3 Å². The molecule has 0 fully saturated rings. The van der Waals surface area contributed by atoms with Gasteiger partial charge >= 0.3 is 0 Å². The van der Waals surface area contributed by atoms with Gasteiger partial charge in [-0.05, 0) is 12.1 Å². The highest BCUT2D eigenvalue weighted by molar-refractivity contribution is 5.66. The lowest BCUT2D eigenvalue weighted by Gasteiger charge is -2.08. The van der Waals surface area contributed by atoms with Gasteiger partial charge in [0.15, 0.2) is 5.82 Å². The number of nitriles is 1. The molecule has 0 aliphatic rings. The Morgan fingerprint density at radius 2 is 2.11 bits per heavy atom. The first-order valence-electron chi connectivity index (χ1n) is 5.38. The van der Waals surface area contributed by atoms with E-state index in [1.54, 1.807) is 14.2 Å². The maximum absolute atomic E-state index is 8.92. The highest BCUT2D eigenvalue weighted by atomic mass is 16.5. The van der Waals surface area contributed by atoms with Gasteiger partial charge in [0.2, 0.25) is 0 Å². The Morgan fingerprint density at radius 3 is 2.78 bits per heavy atom. The van der Waals surface area contributed by atoms with E-state index in [1.807, 2.05) is 30.3 Å². The van der Waals surface area contributed by atoms with Gasteiger partial charge < -0.3 is 10.1 Å². The summed E-state index contributed by atoms with van der Waals surface area (Å²) < 4.78 is 5.26. The highest BCUT2D eigenvalue weighted by Gasteiger charge is 2.10. The van der Waals surface area contributed by atoms with E-state index < -0.39 is 0 Å². The Balaban J connectivity index is 2.55. The lowest BCUT2D eigenvalue weighted by atomic mass is 10.2. The predicted octanol–water partition coefficient (Wildman–Crippen LogP) is 2.07. The molecule has 5 heteroatoms. The maximum atomic E-state index is 8.92. The number of hydrogen-bond donors (Lipinski definition) is 1. The standard InChI is InChI=1S/C13H12N4O/c1-15-12-9(7-14)8-16-13(17-12)10-5-3-4-6-11(10)18-2/h3-6,8H,1-2H3,(H,15,16,17). The summed E-state index contributed by atoms with van der Waals surface area (Å²) in [5, 5.41) is 11.8. The Labute approximate surface area is 105 Å². The van der Waals surface area contributed by atoms with Gasteiger partial charge in [-0.15, -0.1) is 0 Å². The molecule has 2 rings (SSSR count). The van der Waals surface area contributed by atoms with Crippen molar-refractivity contribution in [3.05, 3.63) is 36.0 Å². The maximum Gasteiger partial charge on any atom is 0.165 e. The van der Waals surface area contributed by atoms with Crippen molar-refractivity contribution in [3.63, 3.8) is 0 Å². The summed E-state index contributed by atoms with van der Waals surface area (Å²) in [7, 11) is 3.32. The van der Waals surface area contributed by atoms with Crippen molar-refractivity contribution in [3.8, 4) is 23.2 Å². The quantitative estimate of drug-likeness (QED) is 0.889. The van der Waals surface area contributed by atoms with Crippen molar-refractivity contribution in [2.75, 3.05) is 19.5 Å². The molecule has 0 saturated heterocycles. The summed E-state index contributed by atoms with van der Waals surface area (Å²) in [6.07, 6.45) is 1.50. The molecule has 1 aromatic heterocycles. The van der Waals surface area contributed by atoms with Gasteiger partial charge in [0.25, 0.3) is 0 Å². The Hall–Kier alpha value is -2.61. The largest absolute Gasteiger partial charge is 0.496 e. The van der Waals surface area contributed by atoms with Crippen LogP contribution in [0.2, 0.25) is 0 Å². The minimum absolute atomic E-state index is 0.413. The van der Waals surface area contributed by atoms with Crippen LogP contribution in [0.1, 0.15) is 5.56 Å². The molecule has 0 bridgehead atoms. The molecule has 1 heterocycles. The lowest BCUT2D eigenvalue weighted by molar-refractivity contribution is 0.416. The third kappa shape index (κ3) is 2.09. The van der Waals surface area contributed by atoms with E-state index in [0.717, 1.165) is 5.56 Å². The van der Waals surface area contributed by atoms with Gasteiger partial charge in [0, 0.05) is 7.05 Å². The molecule has 0 saturated carbocycles. The molecule has 0 unspecified atom stereocenters. The second kappa shape index (κ2) is 5.15. The van der Waals surface area contributed by atoms with Crippen molar-refractivity contribution in [1.82, 2.24) is 9.97 Å². The number of nitrogens with zero attached hydrogens (tertiary/aromatic N) is 3. The minimum atomic E-state index is 0.413. The van der Waals surface area contributed by atoms with Crippen LogP contribution >= 0.6 is 0 Å². The normalized spacial score (nSPS) is 9.61. The Kier molecular flexibility index (Phi) is 3.39. The Morgan fingerprint density at radius 1 is 1.33 bits per heavy atom. The van der Waals surface area contributed by atoms with E-state index >= 15 is 0 Å². The molecular formula is C13H12N4O. The van der Waals surface area contributed by atoms with Gasteiger partial charge in [0.05, 0.1) is 18.9 Å². The zero-order chi connectivity index (χ0) is 13.0. The summed E-state index contributed by atoms with van der Waals surface area (Å²) in [6.45, 7) is 0. The fourth-order valence-electron chi connectivity index (χ4n) is 1.61. The predicted molar refractivity (Wildman–Crippen MR) is 68.3 cm³/mol. The van der Waals surface area contributed by atoms with Crippen LogP contribution in [0.25, 0.3) is 11.4 Å². The molecule has 0 aliphatic heterocycles. The van der Waals surface area contributed by atoms with Crippen LogP contribution in [0.15, 0.2) is 30.5 Å². The number of anilines is 1. The zero-order valence-corrected chi connectivity index (χ0v) is 10.1. The summed E-state index contributed by atoms with van der Waals surface area (Å²) in [6, 6.07) is 9.52. The summed E-state index contributed by atoms with van der Waals surface area (Å²) in [5.41, 5.74) is 1.21. The first-order valence-corrected chi connectivity index (χ1v) is 5.38. The first-order chi connectivity index (χ1) is 8.80. The van der Waals surface area contributed by atoms with Crippen LogP contribution in [0.3, 0.4) is 0 Å². The average Bonchev–Trinajstić information content (AvgIpc) is 2.46. The minimum Gasteiger partial charge on any atom is -0.496 e. The fourth-order valence-corrected chi connectivity index (χ4v) is 1.61. The highest BCUT2D eigenvalue weighted by Crippen LogP contribution is 2.27. The summed E-state index contributed by atoms with van der Waals surface area (Å²) in [4.78, 5) is 8.50. The van der Waals surface area contributed by atoms with Crippen LogP contribution in [0.4, 0.5) is 5.82 Å². The summed E-state index contributed by atoms with van der Waals surface area (Å²) in [5.74, 6) is 1.73. The average molecular weight is 240 g/mol. The van der Waals surface area contributed by atoms with Crippen molar-refractivity contribution >= 4 is 5.82 Å². The molecule has 0 spiro atoms. The van der Waals surface area contributed by atoms with Crippen LogP contribution in [-0.2, 0) is 0 Å². The molecule has 0 radical (unpaired) electrons. The molecule has 18 heavy (non-hydrogen) atoms. The van der Waals surface area contributed by atoms with Crippen LogP contribution in [-0.4, -0.2) is 24.1 Å². The molecule has 2 aromatic rings. The number of methoxy groups -OCH3 is 1. The number of rotatable bonds is 3. The van der Waals surface area contributed by atoms with Crippen molar-refractivity contribution in [2.24, 2.45) is 0 Å². The van der Waals surface area contributed by atoms with Crippen molar-refractivity contribution in [2.45, 2.75) is 0 Å². The SMILES string of the molecule is CNc1nc(-c2ccccc2OC)ncc1C#N. The zero-order valence-electron chi connectivity index (χ0n) is 10.1. The monoisotopic (exact) mass is 240 g/mol. The van der Waals surface area contributed by atoms with Gasteiger partial charge in [-0.3, -0.25) is 0 Å². The van der Waals surface area contributed by atoms with E-state index in [1.165, 1.54) is 6.20 Å². The van der Waals surface area contributed by atoms with Crippen molar-refractivity contribution < 1.29 is 4.74 Å². The first kappa shape index (κ1) is 11.9. The number of hydrogen-bond acceptors (Lipinski definition) is 5. The number of para-hydroxylation sites is 1. The number of ether oxygens (including phenoxy) is 1. The van der Waals surface area contributed by atoms with Crippen LogP contribution in [0.5, 0.6) is 5.75 Å². The van der Waals surface area contributed by atoms with Gasteiger partial charge in [-0.1, -0.05) is 12.1 Å². The molecule has 0 aliphatic carbocycles. The third-order valence-electron chi connectivity index (χ3n) is 2.49. The third-order valence-corrected chi connectivity index (χ3v) is 2.49. The lowest BCUT2D eigenvalue weighted by Crippen LogP contribution is -2.00. The second-order valence-electron chi connectivity index (χ2n) is 3.52. The second-order valence-corrected chi connectivity index (χ2v) is 3.52. The molecule has 1 aromatic carbocycles. The van der Waals surface area contributed by atoms with Crippen molar-refractivity contribution in [1.29, 1.82) is 5.26 Å². The van der Waals surface area contributed by atoms with E-state index in [4.69, 9.17) is 10.00 Å². The molecule has 0 amide bonds. The number of nitrogens with one attached hydrogen (secondary N) is 1. The molecule has 90 valence electrons. The van der Waals surface area contributed by atoms with Gasteiger partial charge in [-0.25, -0.2) is 9.97 Å². The topological polar surface area (TPSA) is 70.8 Å². The summed E-state index contributed by atoms with van der Waals surface area (Å²) >= 11 is 0. The molecule has 1 N–H and O–H groups in total. The Bertz CT molecular complexity index is 604. The van der Waals surface area contributed by atoms with Crippen LogP contribution in [0, 0.1) is 11.3 Å². The van der Waals surface area contributed by atoms with E-state index in [0.29, 0.717) is 23.0 Å². The smallest absolute Gasteiger partial charge is 0.165 e. The molecule has 5 nitrogen and oxygen atoms in total. The molecule has 0 atom stereocenters. The van der Waals surface area contributed by atoms with E-state index in [9.17, 15) is 0 Å². The number of aromatic nitrogens is 2. The number of benzene rings is 1. The van der Waals surface area contributed by atoms with Crippen LogP contribution < -0.4 is 10.1 Å². The van der Waals surface area contributed by atoms with Gasteiger partial charge in [-0.2, -0.15) is 5.26 Å². The van der Waals surface area contributed by atoms with Gasteiger partial charge in [0.1, 0.15) is 23.2 Å². The fraction of sp³-hybridized carbons (Fsp3) is 0.154. The van der Waals surface area contributed by atoms with E-state index in [-0.39, 0.29) is 0 Å². The molecular weight excluding hydrogens is 228 g/mol.